The minimum absolute atomic E-state index is 0.0100. The van der Waals surface area contributed by atoms with Gasteiger partial charge in [0.05, 0.1) is 62.5 Å². The molecule has 4 heterocycles. The molecule has 0 atom stereocenters. The first-order chi connectivity index (χ1) is 41.4. The van der Waals surface area contributed by atoms with Crippen molar-refractivity contribution in [2.24, 2.45) is 0 Å². The molecular weight excluding hydrogens is 939 g/mol. The van der Waals surface area contributed by atoms with Crippen molar-refractivity contribution in [1.29, 1.82) is 0 Å². The number of hydrogen-bond donors (Lipinski definition) is 0. The third-order valence-electron chi connectivity index (χ3n) is 15.0. The zero-order chi connectivity index (χ0) is 58.0. The van der Waals surface area contributed by atoms with E-state index < -0.39 is 50.4 Å². The van der Waals surface area contributed by atoms with Gasteiger partial charge in [0, 0.05) is 49.1 Å². The maximum absolute atomic E-state index is 9.50. The second-order valence-electron chi connectivity index (χ2n) is 19.0. The Labute approximate surface area is 453 Å². The van der Waals surface area contributed by atoms with Crippen LogP contribution in [0.4, 0.5) is 0 Å². The molecule has 0 fully saturated rings. The maximum atomic E-state index is 9.50. The second-order valence-corrected chi connectivity index (χ2v) is 22.8. The van der Waals surface area contributed by atoms with Crippen LogP contribution in [0.2, 0.25) is 0 Å². The molecule has 11 aromatic carbocycles. The summed E-state index contributed by atoms with van der Waals surface area (Å²) in [6.45, 7) is 0. The van der Waals surface area contributed by atoms with E-state index in [0.717, 1.165) is 75.7 Å². The van der Waals surface area contributed by atoms with Crippen LogP contribution >= 0.6 is 0 Å². The normalized spacial score (nSPS) is 13.6. The molecule has 356 valence electrons. The summed E-state index contributed by atoms with van der Waals surface area (Å²) in [6, 6.07) is 75.1. The lowest BCUT2D eigenvalue weighted by molar-refractivity contribution is 0.994. The maximum Gasteiger partial charge on any atom is 0.235 e. The summed E-state index contributed by atoms with van der Waals surface area (Å²) in [5.74, 6) is -0.0392. The highest BCUT2D eigenvalue weighted by atomic mass is 28.3. The van der Waals surface area contributed by atoms with E-state index in [1.807, 2.05) is 36.4 Å². The summed E-state index contributed by atoms with van der Waals surface area (Å²) in [4.78, 5) is 10.7. The minimum atomic E-state index is -3.32. The van der Waals surface area contributed by atoms with E-state index in [4.69, 9.17) is 16.8 Å². The van der Waals surface area contributed by atoms with Crippen molar-refractivity contribution in [2.75, 3.05) is 0 Å². The molecule has 0 saturated carbocycles. The Bertz CT molecular complexity index is 5080. The predicted molar refractivity (Wildman–Crippen MR) is 320 cm³/mol. The fourth-order valence-electron chi connectivity index (χ4n) is 11.8. The number of para-hydroxylation sites is 5. The van der Waals surface area contributed by atoms with E-state index in [0.29, 0.717) is 22.2 Å². The number of aromatic nitrogens is 5. The van der Waals surface area contributed by atoms with E-state index in [1.54, 1.807) is 28.8 Å². The van der Waals surface area contributed by atoms with E-state index >= 15 is 0 Å². The number of fused-ring (bicyclic) bond motifs is 9. The molecule has 15 rings (SSSR count). The average molecular weight is 995 g/mol. The number of benzene rings is 11. The lowest BCUT2D eigenvalue weighted by Crippen LogP contribution is -2.74. The molecule has 0 aliphatic carbocycles. The number of rotatable bonds is 9. The predicted octanol–water partition coefficient (Wildman–Crippen LogP) is 14.5. The monoisotopic (exact) mass is 994 g/mol. The van der Waals surface area contributed by atoms with Crippen LogP contribution in [0.5, 0.6) is 0 Å². The average Bonchev–Trinajstić information content (AvgIpc) is 1.88. The zero-order valence-corrected chi connectivity index (χ0v) is 41.7. The van der Waals surface area contributed by atoms with Crippen molar-refractivity contribution >= 4 is 94.2 Å². The zero-order valence-electron chi connectivity index (χ0n) is 49.7. The number of nitrogens with zero attached hydrogens (tertiary/aromatic N) is 5. The SMILES string of the molecule is [2H]c1c([2H])c([2H])c(-c2cc(-c3cc([Si](c4ccccc4)(c4ccccc4)c4ccccc4)ccc3-n3c4ccccc4c4cc(-n5c6ccccc6c6ccccc65)ccc43)nc(-n3c4ccccc4c4c([2H])c([2H])c([2H])c([2H])c43)n2)c([2H])c1[2H]. The molecule has 6 heteroatoms. The van der Waals surface area contributed by atoms with Crippen molar-refractivity contribution in [3.05, 3.63) is 285 Å². The van der Waals surface area contributed by atoms with Crippen LogP contribution in [-0.2, 0) is 0 Å². The van der Waals surface area contributed by atoms with Gasteiger partial charge < -0.3 is 9.13 Å². The first kappa shape index (κ1) is 35.3. The van der Waals surface area contributed by atoms with Crippen LogP contribution < -0.4 is 20.7 Å². The fraction of sp³-hybridized carbons (Fsp3) is 0. The Kier molecular flexibility index (Phi) is 8.20. The van der Waals surface area contributed by atoms with Gasteiger partial charge in [-0.2, -0.15) is 0 Å². The van der Waals surface area contributed by atoms with Gasteiger partial charge in [0.25, 0.3) is 0 Å². The molecule has 0 aliphatic rings. The van der Waals surface area contributed by atoms with Gasteiger partial charge in [-0.1, -0.05) is 224 Å². The molecule has 0 spiro atoms. The van der Waals surface area contributed by atoms with Gasteiger partial charge in [-0.3, -0.25) is 4.57 Å². The molecule has 0 saturated heterocycles. The Morgan fingerprint density at radius 1 is 0.316 bits per heavy atom. The molecule has 5 nitrogen and oxygen atoms in total. The van der Waals surface area contributed by atoms with Crippen molar-refractivity contribution in [3.8, 4) is 39.8 Å². The highest BCUT2D eigenvalue weighted by Gasteiger charge is 2.42. The smallest absolute Gasteiger partial charge is 0.235 e. The van der Waals surface area contributed by atoms with Gasteiger partial charge in [-0.15, -0.1) is 0 Å². The second kappa shape index (κ2) is 17.7. The molecule has 0 amide bonds. The summed E-state index contributed by atoms with van der Waals surface area (Å²) in [5, 5.41) is 9.47. The molecule has 15 aromatic rings. The highest BCUT2D eigenvalue weighted by molar-refractivity contribution is 7.20. The van der Waals surface area contributed by atoms with Crippen LogP contribution in [-0.4, -0.2) is 31.7 Å². The van der Waals surface area contributed by atoms with E-state index in [1.165, 1.54) is 0 Å². The molecule has 76 heavy (non-hydrogen) atoms. The standard InChI is InChI=1S/C70H47N5Si/c1-5-23-48(24-6-1)61-47-62(72-70(71-61)75-66-39-21-15-33-56(66)57-34-16-22-40-67(57)75)60-46-53(76(50-25-7-2-8-26-50,51-27-9-3-10-28-51)52-29-11-4-12-30-52)42-44-69(60)74-65-38-20-17-35-58(65)59-45-49(41-43-68(59)74)73-63-36-18-13-31-54(63)55-32-14-19-37-64(55)73/h1-47H/i1D,5D,6D,15D,21D,23D,24D,33D,39D. The van der Waals surface area contributed by atoms with Crippen LogP contribution in [0, 0.1) is 0 Å². The molecular formula is C70H47N5Si. The van der Waals surface area contributed by atoms with Gasteiger partial charge in [0.2, 0.25) is 5.95 Å². The van der Waals surface area contributed by atoms with Crippen LogP contribution in [0.25, 0.3) is 105 Å². The molecule has 0 aliphatic heterocycles. The molecule has 4 aromatic heterocycles. The summed E-state index contributed by atoms with van der Waals surface area (Å²) >= 11 is 0. The summed E-state index contributed by atoms with van der Waals surface area (Å²) in [5.41, 5.74) is 7.07. The molecule has 0 radical (unpaired) electrons. The van der Waals surface area contributed by atoms with Crippen LogP contribution in [0.3, 0.4) is 0 Å². The van der Waals surface area contributed by atoms with Gasteiger partial charge in [0.1, 0.15) is 0 Å². The third-order valence-corrected chi connectivity index (χ3v) is 19.8. The fourth-order valence-corrected chi connectivity index (χ4v) is 16.6. The third kappa shape index (κ3) is 6.71. The van der Waals surface area contributed by atoms with Crippen molar-refractivity contribution in [3.63, 3.8) is 0 Å². The Hall–Kier alpha value is -9.88. The highest BCUT2D eigenvalue weighted by Crippen LogP contribution is 2.40. The van der Waals surface area contributed by atoms with Gasteiger partial charge in [0.15, 0.2) is 8.07 Å². The van der Waals surface area contributed by atoms with E-state index in [2.05, 4.69) is 179 Å². The lowest BCUT2D eigenvalue weighted by atomic mass is 10.1. The van der Waals surface area contributed by atoms with Crippen molar-refractivity contribution in [2.45, 2.75) is 0 Å². The first-order valence-electron chi connectivity index (χ1n) is 29.8. The summed E-state index contributed by atoms with van der Waals surface area (Å²) < 4.78 is 88.1. The Morgan fingerprint density at radius 3 is 1.39 bits per heavy atom. The summed E-state index contributed by atoms with van der Waals surface area (Å²) in [7, 11) is -3.32. The minimum Gasteiger partial charge on any atom is -0.309 e. The van der Waals surface area contributed by atoms with Gasteiger partial charge in [-0.25, -0.2) is 9.97 Å². The number of hydrogen-bond acceptors (Lipinski definition) is 2. The van der Waals surface area contributed by atoms with Crippen LogP contribution in [0.1, 0.15) is 12.3 Å². The van der Waals surface area contributed by atoms with Gasteiger partial charge in [-0.05, 0) is 81.4 Å². The molecule has 0 bridgehead atoms. The van der Waals surface area contributed by atoms with E-state index in [-0.39, 0.29) is 40.2 Å². The molecule has 0 N–H and O–H groups in total. The van der Waals surface area contributed by atoms with E-state index in [9.17, 15) is 5.48 Å². The van der Waals surface area contributed by atoms with Crippen molar-refractivity contribution in [1.82, 2.24) is 23.7 Å². The van der Waals surface area contributed by atoms with Crippen LogP contribution in [0.15, 0.2) is 285 Å². The quantitative estimate of drug-likeness (QED) is 0.107. The molecule has 0 unspecified atom stereocenters. The lowest BCUT2D eigenvalue weighted by Gasteiger charge is -2.35. The summed E-state index contributed by atoms with van der Waals surface area (Å²) in [6.07, 6.45) is 0. The van der Waals surface area contributed by atoms with Crippen molar-refractivity contribution < 1.29 is 12.3 Å². The first-order valence-corrected chi connectivity index (χ1v) is 27.3. The van der Waals surface area contributed by atoms with Gasteiger partial charge >= 0.3 is 0 Å². The topological polar surface area (TPSA) is 40.6 Å². The Balaban J connectivity index is 1.10. The Morgan fingerprint density at radius 2 is 0.789 bits per heavy atom. The largest absolute Gasteiger partial charge is 0.309 e.